The predicted octanol–water partition coefficient (Wildman–Crippen LogP) is 2.51. The van der Waals surface area contributed by atoms with Crippen LogP contribution in [0.2, 0.25) is 0 Å². The van der Waals surface area contributed by atoms with E-state index in [0.717, 1.165) is 35.7 Å². The molecule has 1 aromatic carbocycles. The van der Waals surface area contributed by atoms with Gasteiger partial charge in [0.25, 0.3) is 5.91 Å². The summed E-state index contributed by atoms with van der Waals surface area (Å²) >= 11 is 1.31. The lowest BCUT2D eigenvalue weighted by Gasteiger charge is -2.23. The first-order chi connectivity index (χ1) is 13.2. The molecule has 0 unspecified atom stereocenters. The molecular formula is C19H22N6OS. The summed E-state index contributed by atoms with van der Waals surface area (Å²) in [5.41, 5.74) is 3.14. The number of anilines is 2. The van der Waals surface area contributed by atoms with Crippen LogP contribution in [-0.4, -0.2) is 47.0 Å². The monoisotopic (exact) mass is 382 g/mol. The molecule has 1 amide bonds. The first-order valence-electron chi connectivity index (χ1n) is 9.10. The molecule has 1 aliphatic rings. The lowest BCUT2D eigenvalue weighted by molar-refractivity contribution is 0.0953. The maximum Gasteiger partial charge on any atom is 0.280 e. The lowest BCUT2D eigenvalue weighted by Crippen LogP contribution is -2.26. The molecule has 0 saturated heterocycles. The van der Waals surface area contributed by atoms with Gasteiger partial charge in [-0.1, -0.05) is 29.5 Å². The van der Waals surface area contributed by atoms with Gasteiger partial charge in [-0.3, -0.25) is 4.79 Å². The summed E-state index contributed by atoms with van der Waals surface area (Å²) in [6.07, 6.45) is 3.39. The molecule has 0 saturated carbocycles. The van der Waals surface area contributed by atoms with Gasteiger partial charge in [0.15, 0.2) is 10.8 Å². The molecule has 140 valence electrons. The molecule has 8 heteroatoms. The Labute approximate surface area is 161 Å². The largest absolute Gasteiger partial charge is 0.350 e. The molecule has 0 bridgehead atoms. The van der Waals surface area contributed by atoms with Crippen molar-refractivity contribution in [3.63, 3.8) is 0 Å². The molecule has 0 aliphatic carbocycles. The molecule has 2 N–H and O–H groups in total. The van der Waals surface area contributed by atoms with Crippen molar-refractivity contribution >= 4 is 39.1 Å². The van der Waals surface area contributed by atoms with Crippen LogP contribution >= 0.6 is 11.3 Å². The van der Waals surface area contributed by atoms with Crippen molar-refractivity contribution in [1.82, 2.24) is 25.6 Å². The van der Waals surface area contributed by atoms with Crippen LogP contribution < -0.4 is 15.5 Å². The van der Waals surface area contributed by atoms with Gasteiger partial charge in [0.05, 0.1) is 0 Å². The van der Waals surface area contributed by atoms with E-state index in [-0.39, 0.29) is 11.9 Å². The summed E-state index contributed by atoms with van der Waals surface area (Å²) in [4.78, 5) is 28.8. The van der Waals surface area contributed by atoms with Crippen LogP contribution in [0.25, 0.3) is 10.3 Å². The maximum absolute atomic E-state index is 12.4. The fourth-order valence-electron chi connectivity index (χ4n) is 3.45. The van der Waals surface area contributed by atoms with Crippen LogP contribution in [0.3, 0.4) is 0 Å². The molecule has 1 atom stereocenters. The summed E-state index contributed by atoms with van der Waals surface area (Å²) in [5.74, 6) is 0.609. The summed E-state index contributed by atoms with van der Waals surface area (Å²) in [7, 11) is 1.90. The Morgan fingerprint density at radius 1 is 1.30 bits per heavy atom. The molecule has 0 spiro atoms. The van der Waals surface area contributed by atoms with Crippen LogP contribution in [0.1, 0.15) is 28.7 Å². The molecule has 3 heterocycles. The molecule has 3 aromatic rings. The molecule has 0 fully saturated rings. The maximum atomic E-state index is 12.4. The molecule has 4 rings (SSSR count). The van der Waals surface area contributed by atoms with Gasteiger partial charge in [0, 0.05) is 18.3 Å². The van der Waals surface area contributed by atoms with Crippen molar-refractivity contribution in [3.05, 3.63) is 41.2 Å². The van der Waals surface area contributed by atoms with E-state index in [1.165, 1.54) is 16.9 Å². The minimum absolute atomic E-state index is 0.157. The van der Waals surface area contributed by atoms with Crippen molar-refractivity contribution in [3.8, 4) is 0 Å². The van der Waals surface area contributed by atoms with E-state index in [0.29, 0.717) is 17.1 Å². The average molecular weight is 382 g/mol. The van der Waals surface area contributed by atoms with Crippen molar-refractivity contribution in [2.75, 3.05) is 25.0 Å². The lowest BCUT2D eigenvalue weighted by atomic mass is 10.1. The number of para-hydroxylation sites is 1. The fourth-order valence-corrected chi connectivity index (χ4v) is 4.27. The number of nitrogens with zero attached hydrogens (tertiary/aromatic N) is 4. The van der Waals surface area contributed by atoms with E-state index in [1.807, 2.05) is 13.1 Å². The molecule has 27 heavy (non-hydrogen) atoms. The third kappa shape index (κ3) is 3.38. The molecular weight excluding hydrogens is 360 g/mol. The Kier molecular flexibility index (Phi) is 5.00. The van der Waals surface area contributed by atoms with Crippen molar-refractivity contribution in [2.24, 2.45) is 0 Å². The number of thiazole rings is 1. The number of carbonyl (C=O) groups excluding carboxylic acids is 1. The van der Waals surface area contributed by atoms with E-state index < -0.39 is 0 Å². The summed E-state index contributed by atoms with van der Waals surface area (Å²) in [6, 6.07) is 8.63. The van der Waals surface area contributed by atoms with Crippen LogP contribution in [-0.2, 0) is 6.42 Å². The standard InChI is InChI=1S/C19H22N6OS/c1-12-10-13-6-3-4-7-14(13)25(12)16-15-18(23-11-22-16)27-19(24-15)17(26)21-9-5-8-20-2/h3-4,6-7,11-12,20H,5,8-10H2,1-2H3,(H,21,26)/t12-/m1/s1. The number of aromatic nitrogens is 3. The first kappa shape index (κ1) is 17.8. The van der Waals surface area contributed by atoms with Crippen LogP contribution in [0, 0.1) is 0 Å². The highest BCUT2D eigenvalue weighted by molar-refractivity contribution is 7.19. The zero-order chi connectivity index (χ0) is 18.8. The minimum Gasteiger partial charge on any atom is -0.350 e. The van der Waals surface area contributed by atoms with Crippen molar-refractivity contribution < 1.29 is 4.79 Å². The molecule has 1 aliphatic heterocycles. The smallest absolute Gasteiger partial charge is 0.280 e. The highest BCUT2D eigenvalue weighted by Gasteiger charge is 2.30. The van der Waals surface area contributed by atoms with Gasteiger partial charge in [-0.05, 0) is 45.0 Å². The van der Waals surface area contributed by atoms with Crippen molar-refractivity contribution in [1.29, 1.82) is 0 Å². The number of hydrogen-bond donors (Lipinski definition) is 2. The SMILES string of the molecule is CNCCCNC(=O)c1nc2c(N3c4ccccc4C[C@H]3C)ncnc2s1. The number of benzene rings is 1. The normalized spacial score (nSPS) is 15.9. The minimum atomic E-state index is -0.157. The Morgan fingerprint density at radius 2 is 2.15 bits per heavy atom. The quantitative estimate of drug-likeness (QED) is 0.638. The molecule has 7 nitrogen and oxygen atoms in total. The Morgan fingerprint density at radius 3 is 3.00 bits per heavy atom. The number of rotatable bonds is 6. The number of fused-ring (bicyclic) bond motifs is 2. The van der Waals surface area contributed by atoms with Crippen LogP contribution in [0.4, 0.5) is 11.5 Å². The second-order valence-corrected chi connectivity index (χ2v) is 7.61. The van der Waals surface area contributed by atoms with Gasteiger partial charge in [-0.15, -0.1) is 0 Å². The topological polar surface area (TPSA) is 83.0 Å². The van der Waals surface area contributed by atoms with Gasteiger partial charge >= 0.3 is 0 Å². The molecule has 2 aromatic heterocycles. The Hall–Kier alpha value is -2.58. The second kappa shape index (κ2) is 7.58. The van der Waals surface area contributed by atoms with Gasteiger partial charge < -0.3 is 15.5 Å². The van der Waals surface area contributed by atoms with Crippen molar-refractivity contribution in [2.45, 2.75) is 25.8 Å². The fraction of sp³-hybridized carbons (Fsp3) is 0.368. The van der Waals surface area contributed by atoms with E-state index >= 15 is 0 Å². The third-order valence-corrected chi connectivity index (χ3v) is 5.66. The summed E-state index contributed by atoms with van der Waals surface area (Å²) < 4.78 is 0. The van der Waals surface area contributed by atoms with Crippen LogP contribution in [0.15, 0.2) is 30.6 Å². The first-order valence-corrected chi connectivity index (χ1v) is 9.92. The predicted molar refractivity (Wildman–Crippen MR) is 108 cm³/mol. The summed E-state index contributed by atoms with van der Waals surface area (Å²) in [6.45, 7) is 3.66. The van der Waals surface area contributed by atoms with E-state index in [9.17, 15) is 4.79 Å². The van der Waals surface area contributed by atoms with Gasteiger partial charge in [-0.25, -0.2) is 15.0 Å². The highest BCUT2D eigenvalue weighted by atomic mass is 32.1. The average Bonchev–Trinajstić information content (AvgIpc) is 3.25. The van der Waals surface area contributed by atoms with Gasteiger partial charge in [0.2, 0.25) is 0 Å². The third-order valence-electron chi connectivity index (χ3n) is 4.69. The molecule has 0 radical (unpaired) electrons. The van der Waals surface area contributed by atoms with Gasteiger partial charge in [-0.2, -0.15) is 0 Å². The Bertz CT molecular complexity index is 972. The van der Waals surface area contributed by atoms with Gasteiger partial charge in [0.1, 0.15) is 16.7 Å². The van der Waals surface area contributed by atoms with E-state index in [1.54, 1.807) is 6.33 Å². The zero-order valence-electron chi connectivity index (χ0n) is 15.4. The highest BCUT2D eigenvalue weighted by Crippen LogP contribution is 2.40. The zero-order valence-corrected chi connectivity index (χ0v) is 16.2. The Balaban J connectivity index is 1.65. The summed E-state index contributed by atoms with van der Waals surface area (Å²) in [5, 5.41) is 6.41. The van der Waals surface area contributed by atoms with Crippen LogP contribution in [0.5, 0.6) is 0 Å². The number of nitrogens with one attached hydrogen (secondary N) is 2. The number of carbonyl (C=O) groups is 1. The van der Waals surface area contributed by atoms with E-state index in [4.69, 9.17) is 0 Å². The second-order valence-electron chi connectivity index (χ2n) is 6.63. The van der Waals surface area contributed by atoms with E-state index in [2.05, 4.69) is 55.6 Å². The number of amides is 1. The number of hydrogen-bond acceptors (Lipinski definition) is 7.